The molecule has 0 aromatic rings. The number of nitrogens with two attached hydrogens (primary N) is 1. The van der Waals surface area contributed by atoms with Crippen LogP contribution < -0.4 is 5.73 Å². The van der Waals surface area contributed by atoms with E-state index in [4.69, 9.17) is 5.73 Å². The van der Waals surface area contributed by atoms with E-state index in [1.54, 1.807) is 28.1 Å². The smallest absolute Gasteiger partial charge is 0.241 e. The van der Waals surface area contributed by atoms with E-state index >= 15 is 0 Å². The average Bonchev–Trinajstić information content (AvgIpc) is 2.14. The number of carbonyl (C=O) groups excluding carboxylic acids is 2. The summed E-state index contributed by atoms with van der Waals surface area (Å²) in [6.45, 7) is 2.16. The molecule has 0 spiro atoms. The third-order valence-electron chi connectivity index (χ3n) is 2.02. The van der Waals surface area contributed by atoms with E-state index in [-0.39, 0.29) is 24.3 Å². The van der Waals surface area contributed by atoms with Gasteiger partial charge >= 0.3 is 0 Å². The van der Waals surface area contributed by atoms with Gasteiger partial charge in [0, 0.05) is 33.6 Å². The maximum atomic E-state index is 11.5. The van der Waals surface area contributed by atoms with Crippen LogP contribution in [0.3, 0.4) is 0 Å². The third kappa shape index (κ3) is 3.74. The van der Waals surface area contributed by atoms with Crippen molar-refractivity contribution < 1.29 is 9.59 Å². The normalized spacial score (nSPS) is 12.1. The highest BCUT2D eigenvalue weighted by atomic mass is 16.2. The average molecular weight is 201 g/mol. The van der Waals surface area contributed by atoms with Gasteiger partial charge in [-0.1, -0.05) is 6.92 Å². The van der Waals surface area contributed by atoms with E-state index in [0.717, 1.165) is 0 Å². The Morgan fingerprint density at radius 2 is 1.79 bits per heavy atom. The van der Waals surface area contributed by atoms with Gasteiger partial charge in [0.05, 0.1) is 6.54 Å². The van der Waals surface area contributed by atoms with Gasteiger partial charge in [-0.25, -0.2) is 0 Å². The largest absolute Gasteiger partial charge is 0.347 e. The van der Waals surface area contributed by atoms with Crippen molar-refractivity contribution in [1.29, 1.82) is 0 Å². The van der Waals surface area contributed by atoms with E-state index in [1.165, 1.54) is 9.80 Å². The molecule has 5 nitrogen and oxygen atoms in total. The molecule has 0 aromatic heterocycles. The van der Waals surface area contributed by atoms with Gasteiger partial charge in [-0.3, -0.25) is 9.59 Å². The summed E-state index contributed by atoms with van der Waals surface area (Å²) in [6, 6.07) is 0. The molecule has 5 heteroatoms. The third-order valence-corrected chi connectivity index (χ3v) is 2.02. The van der Waals surface area contributed by atoms with E-state index < -0.39 is 0 Å². The summed E-state index contributed by atoms with van der Waals surface area (Å²) in [5.41, 5.74) is 5.36. The fourth-order valence-corrected chi connectivity index (χ4v) is 0.899. The van der Waals surface area contributed by atoms with Crippen LogP contribution in [-0.2, 0) is 9.59 Å². The van der Waals surface area contributed by atoms with Crippen molar-refractivity contribution in [2.45, 2.75) is 6.92 Å². The van der Waals surface area contributed by atoms with Gasteiger partial charge in [-0.15, -0.1) is 0 Å². The zero-order valence-corrected chi connectivity index (χ0v) is 9.28. The molecule has 1 atom stereocenters. The van der Waals surface area contributed by atoms with Crippen molar-refractivity contribution in [3.05, 3.63) is 0 Å². The SMILES string of the molecule is CC(CN)C(=O)N(C)CC(=O)N(C)C. The second-order valence-electron chi connectivity index (χ2n) is 3.62. The van der Waals surface area contributed by atoms with Gasteiger partial charge in [0.15, 0.2) is 0 Å². The first kappa shape index (κ1) is 12.9. The van der Waals surface area contributed by atoms with Crippen LogP contribution in [0, 0.1) is 5.92 Å². The lowest BCUT2D eigenvalue weighted by Gasteiger charge is -2.21. The Hall–Kier alpha value is -1.10. The fourth-order valence-electron chi connectivity index (χ4n) is 0.899. The quantitative estimate of drug-likeness (QED) is 0.643. The van der Waals surface area contributed by atoms with E-state index in [9.17, 15) is 9.59 Å². The molecule has 0 rings (SSSR count). The topological polar surface area (TPSA) is 66.6 Å². The maximum absolute atomic E-state index is 11.5. The Morgan fingerprint density at radius 3 is 2.14 bits per heavy atom. The molecule has 0 saturated heterocycles. The van der Waals surface area contributed by atoms with Gasteiger partial charge in [-0.2, -0.15) is 0 Å². The molecule has 0 saturated carbocycles. The number of rotatable bonds is 4. The van der Waals surface area contributed by atoms with Crippen molar-refractivity contribution in [1.82, 2.24) is 9.80 Å². The molecule has 2 amide bonds. The second kappa shape index (κ2) is 5.59. The maximum Gasteiger partial charge on any atom is 0.241 e. The van der Waals surface area contributed by atoms with Crippen LogP contribution in [0.4, 0.5) is 0 Å². The predicted octanol–water partition coefficient (Wildman–Crippen LogP) is -0.872. The summed E-state index contributed by atoms with van der Waals surface area (Å²) in [7, 11) is 4.93. The highest BCUT2D eigenvalue weighted by Crippen LogP contribution is 1.98. The molecule has 0 aliphatic carbocycles. The standard InChI is InChI=1S/C9H19N3O2/c1-7(5-10)9(14)12(4)6-8(13)11(2)3/h7H,5-6,10H2,1-4H3. The van der Waals surface area contributed by atoms with E-state index in [2.05, 4.69) is 0 Å². The summed E-state index contributed by atoms with van der Waals surface area (Å²) >= 11 is 0. The highest BCUT2D eigenvalue weighted by molar-refractivity contribution is 5.85. The van der Waals surface area contributed by atoms with Gasteiger partial charge in [0.25, 0.3) is 0 Å². The van der Waals surface area contributed by atoms with Gasteiger partial charge in [0.2, 0.25) is 11.8 Å². The molecule has 0 fully saturated rings. The summed E-state index contributed by atoms with van der Waals surface area (Å²) < 4.78 is 0. The molecule has 0 aliphatic rings. The van der Waals surface area contributed by atoms with E-state index in [0.29, 0.717) is 6.54 Å². The molecule has 1 unspecified atom stereocenters. The van der Waals surface area contributed by atoms with Crippen molar-refractivity contribution in [2.24, 2.45) is 11.7 Å². The molecule has 0 aliphatic heterocycles. The molecular formula is C9H19N3O2. The van der Waals surface area contributed by atoms with Crippen LogP contribution in [0.5, 0.6) is 0 Å². The lowest BCUT2D eigenvalue weighted by Crippen LogP contribution is -2.41. The van der Waals surface area contributed by atoms with Crippen LogP contribution in [-0.4, -0.2) is 55.8 Å². The first-order valence-electron chi connectivity index (χ1n) is 4.55. The Morgan fingerprint density at radius 1 is 1.29 bits per heavy atom. The van der Waals surface area contributed by atoms with Gasteiger partial charge < -0.3 is 15.5 Å². The lowest BCUT2D eigenvalue weighted by molar-refractivity contribution is -0.140. The Bertz CT molecular complexity index is 216. The Labute approximate surface area is 84.8 Å². The van der Waals surface area contributed by atoms with Crippen molar-refractivity contribution >= 4 is 11.8 Å². The van der Waals surface area contributed by atoms with Crippen molar-refractivity contribution in [3.63, 3.8) is 0 Å². The number of carbonyl (C=O) groups is 2. The number of amides is 2. The minimum absolute atomic E-state index is 0.0925. The van der Waals surface area contributed by atoms with Crippen LogP contribution >= 0.6 is 0 Å². The predicted molar refractivity (Wildman–Crippen MR) is 54.5 cm³/mol. The highest BCUT2D eigenvalue weighted by Gasteiger charge is 2.18. The van der Waals surface area contributed by atoms with Crippen LogP contribution in [0.1, 0.15) is 6.92 Å². The molecule has 82 valence electrons. The van der Waals surface area contributed by atoms with Crippen LogP contribution in [0.2, 0.25) is 0 Å². The first-order chi connectivity index (χ1) is 6.40. The van der Waals surface area contributed by atoms with Crippen LogP contribution in [0.25, 0.3) is 0 Å². The Balaban J connectivity index is 4.14. The minimum Gasteiger partial charge on any atom is -0.347 e. The molecule has 2 N–H and O–H groups in total. The summed E-state index contributed by atoms with van der Waals surface area (Å²) in [5, 5.41) is 0. The molecule has 0 radical (unpaired) electrons. The molecular weight excluding hydrogens is 182 g/mol. The minimum atomic E-state index is -0.227. The number of hydrogen-bond acceptors (Lipinski definition) is 3. The molecule has 0 heterocycles. The summed E-state index contributed by atoms with van der Waals surface area (Å²) in [5.74, 6) is -0.414. The number of likely N-dealkylation sites (N-methyl/N-ethyl adjacent to an activating group) is 2. The molecule has 0 aromatic carbocycles. The zero-order chi connectivity index (χ0) is 11.3. The van der Waals surface area contributed by atoms with E-state index in [1.807, 2.05) is 0 Å². The number of nitrogens with zero attached hydrogens (tertiary/aromatic N) is 2. The molecule has 14 heavy (non-hydrogen) atoms. The molecule has 0 bridgehead atoms. The van der Waals surface area contributed by atoms with Crippen molar-refractivity contribution in [2.75, 3.05) is 34.2 Å². The Kier molecular flexibility index (Phi) is 5.15. The van der Waals surface area contributed by atoms with Crippen molar-refractivity contribution in [3.8, 4) is 0 Å². The van der Waals surface area contributed by atoms with Gasteiger partial charge in [-0.05, 0) is 0 Å². The first-order valence-corrected chi connectivity index (χ1v) is 4.55. The van der Waals surface area contributed by atoms with Crippen LogP contribution in [0.15, 0.2) is 0 Å². The monoisotopic (exact) mass is 201 g/mol. The number of hydrogen-bond donors (Lipinski definition) is 1. The fraction of sp³-hybridized carbons (Fsp3) is 0.778. The summed E-state index contributed by atoms with van der Waals surface area (Å²) in [6.07, 6.45) is 0. The second-order valence-corrected chi connectivity index (χ2v) is 3.62. The van der Waals surface area contributed by atoms with Gasteiger partial charge in [0.1, 0.15) is 0 Å². The zero-order valence-electron chi connectivity index (χ0n) is 9.28. The lowest BCUT2D eigenvalue weighted by atomic mass is 10.1. The summed E-state index contributed by atoms with van der Waals surface area (Å²) in [4.78, 5) is 25.6.